The van der Waals surface area contributed by atoms with Crippen molar-refractivity contribution >= 4 is 16.1 Å². The molecule has 0 aliphatic carbocycles. The van der Waals surface area contributed by atoms with Crippen molar-refractivity contribution in [2.45, 2.75) is 19.4 Å². The van der Waals surface area contributed by atoms with Gasteiger partial charge in [0.1, 0.15) is 6.10 Å². The van der Waals surface area contributed by atoms with Gasteiger partial charge in [0.05, 0.1) is 6.54 Å². The second-order valence-electron chi connectivity index (χ2n) is 5.71. The molecule has 2 aromatic rings. The van der Waals surface area contributed by atoms with Crippen LogP contribution in [0, 0.1) is 6.92 Å². The molecule has 0 unspecified atom stereocenters. The molecule has 2 heterocycles. The van der Waals surface area contributed by atoms with Crippen molar-refractivity contribution in [1.82, 2.24) is 14.5 Å². The molecular weight excluding hydrogens is 326 g/mol. The Labute approximate surface area is 141 Å². The molecule has 1 aromatic heterocycles. The van der Waals surface area contributed by atoms with Gasteiger partial charge < -0.3 is 4.74 Å². The number of ether oxygens (including phenoxy) is 1. The molecule has 0 amide bonds. The Balaban J connectivity index is 1.62. The van der Waals surface area contributed by atoms with E-state index in [4.69, 9.17) is 4.74 Å². The van der Waals surface area contributed by atoms with E-state index < -0.39 is 10.0 Å². The fraction of sp³-hybridized carbons (Fsp3) is 0.294. The van der Waals surface area contributed by atoms with E-state index in [0.29, 0.717) is 25.4 Å². The third kappa shape index (κ3) is 4.18. The summed E-state index contributed by atoms with van der Waals surface area (Å²) in [7, 11) is -3.46. The lowest BCUT2D eigenvalue weighted by Crippen LogP contribution is -2.29. The molecule has 126 valence electrons. The summed E-state index contributed by atoms with van der Waals surface area (Å²) in [6.45, 7) is 2.74. The molecule has 1 atom stereocenters. The maximum Gasteiger partial charge on any atom is 0.236 e. The minimum absolute atomic E-state index is 0.204. The molecule has 0 bridgehead atoms. The number of benzene rings is 1. The van der Waals surface area contributed by atoms with Gasteiger partial charge in [-0.3, -0.25) is 0 Å². The Hall–Kier alpha value is -2.25. The van der Waals surface area contributed by atoms with E-state index in [9.17, 15) is 8.42 Å². The van der Waals surface area contributed by atoms with Gasteiger partial charge in [0.15, 0.2) is 0 Å². The standard InChI is InChI=1S/C17H19N3O3S/c1-14-4-6-15(7-5-14)9-12-24(21,22)20-11-8-16(13-20)23-17-3-2-10-18-19-17/h2-7,9-10,12,16H,8,11,13H2,1H3/b12-9+/t16-/m0/s1. The van der Waals surface area contributed by atoms with E-state index in [1.807, 2.05) is 31.2 Å². The van der Waals surface area contributed by atoms with E-state index in [2.05, 4.69) is 10.2 Å². The van der Waals surface area contributed by atoms with Crippen LogP contribution in [0.1, 0.15) is 17.5 Å². The first-order chi connectivity index (χ1) is 11.5. The van der Waals surface area contributed by atoms with Crippen molar-refractivity contribution in [1.29, 1.82) is 0 Å². The molecule has 24 heavy (non-hydrogen) atoms. The third-order valence-corrected chi connectivity index (χ3v) is 5.34. The van der Waals surface area contributed by atoms with Crippen LogP contribution in [0.4, 0.5) is 0 Å². The summed E-state index contributed by atoms with van der Waals surface area (Å²) >= 11 is 0. The van der Waals surface area contributed by atoms with Crippen molar-refractivity contribution in [2.75, 3.05) is 13.1 Å². The summed E-state index contributed by atoms with van der Waals surface area (Å²) in [5.74, 6) is 0.414. The molecule has 1 aromatic carbocycles. The summed E-state index contributed by atoms with van der Waals surface area (Å²) in [4.78, 5) is 0. The predicted octanol–water partition coefficient (Wildman–Crippen LogP) is 2.24. The van der Waals surface area contributed by atoms with Crippen LogP contribution in [0.25, 0.3) is 6.08 Å². The number of rotatable bonds is 5. The Morgan fingerprint density at radius 3 is 2.75 bits per heavy atom. The number of hydrogen-bond donors (Lipinski definition) is 0. The molecule has 7 heteroatoms. The topological polar surface area (TPSA) is 72.4 Å². The predicted molar refractivity (Wildman–Crippen MR) is 91.8 cm³/mol. The van der Waals surface area contributed by atoms with E-state index in [-0.39, 0.29) is 6.10 Å². The number of hydrogen-bond acceptors (Lipinski definition) is 5. The van der Waals surface area contributed by atoms with Gasteiger partial charge in [-0.1, -0.05) is 29.8 Å². The summed E-state index contributed by atoms with van der Waals surface area (Å²) in [6.07, 6.45) is 3.61. The molecule has 0 spiro atoms. The molecule has 0 N–H and O–H groups in total. The average molecular weight is 345 g/mol. The zero-order valence-electron chi connectivity index (χ0n) is 13.4. The van der Waals surface area contributed by atoms with Crippen molar-refractivity contribution in [3.05, 3.63) is 59.1 Å². The van der Waals surface area contributed by atoms with Gasteiger partial charge in [-0.2, -0.15) is 9.40 Å². The lowest BCUT2D eigenvalue weighted by Gasteiger charge is -2.14. The highest BCUT2D eigenvalue weighted by Gasteiger charge is 2.31. The minimum Gasteiger partial charge on any atom is -0.472 e. The van der Waals surface area contributed by atoms with E-state index in [0.717, 1.165) is 11.1 Å². The van der Waals surface area contributed by atoms with Crippen molar-refractivity contribution < 1.29 is 13.2 Å². The molecule has 0 radical (unpaired) electrons. The minimum atomic E-state index is -3.46. The van der Waals surface area contributed by atoms with Gasteiger partial charge in [0.25, 0.3) is 0 Å². The molecule has 0 saturated carbocycles. The fourth-order valence-electron chi connectivity index (χ4n) is 2.47. The van der Waals surface area contributed by atoms with Crippen LogP contribution in [0.2, 0.25) is 0 Å². The summed E-state index contributed by atoms with van der Waals surface area (Å²) in [5.41, 5.74) is 1.99. The molecule has 1 saturated heterocycles. The second-order valence-corrected chi connectivity index (χ2v) is 7.53. The number of aryl methyl sites for hydroxylation is 1. The Kier molecular flexibility index (Phi) is 4.92. The first-order valence-electron chi connectivity index (χ1n) is 7.72. The highest BCUT2D eigenvalue weighted by atomic mass is 32.2. The Morgan fingerprint density at radius 1 is 1.25 bits per heavy atom. The van der Waals surface area contributed by atoms with Crippen LogP contribution < -0.4 is 4.74 Å². The SMILES string of the molecule is Cc1ccc(/C=C/S(=O)(=O)N2CC[C@H](Oc3cccnn3)C2)cc1. The van der Waals surface area contributed by atoms with Crippen LogP contribution >= 0.6 is 0 Å². The molecular formula is C17H19N3O3S. The van der Waals surface area contributed by atoms with Crippen LogP contribution in [-0.4, -0.2) is 42.1 Å². The maximum absolute atomic E-state index is 12.4. The van der Waals surface area contributed by atoms with Gasteiger partial charge in [0.2, 0.25) is 15.9 Å². The van der Waals surface area contributed by atoms with Crippen LogP contribution in [0.5, 0.6) is 5.88 Å². The number of nitrogens with zero attached hydrogens (tertiary/aromatic N) is 3. The van der Waals surface area contributed by atoms with Gasteiger partial charge >= 0.3 is 0 Å². The van der Waals surface area contributed by atoms with Crippen LogP contribution in [0.3, 0.4) is 0 Å². The van der Waals surface area contributed by atoms with Crippen molar-refractivity contribution in [2.24, 2.45) is 0 Å². The van der Waals surface area contributed by atoms with Crippen LogP contribution in [-0.2, 0) is 10.0 Å². The summed E-state index contributed by atoms with van der Waals surface area (Å²) in [6, 6.07) is 11.1. The molecule has 3 rings (SSSR count). The number of aromatic nitrogens is 2. The largest absolute Gasteiger partial charge is 0.472 e. The zero-order valence-corrected chi connectivity index (χ0v) is 14.2. The smallest absolute Gasteiger partial charge is 0.236 e. The zero-order chi connectivity index (χ0) is 17.0. The fourth-order valence-corrected chi connectivity index (χ4v) is 3.71. The van der Waals surface area contributed by atoms with Crippen molar-refractivity contribution in [3.8, 4) is 5.88 Å². The van der Waals surface area contributed by atoms with E-state index in [1.54, 1.807) is 24.4 Å². The molecule has 6 nitrogen and oxygen atoms in total. The lowest BCUT2D eigenvalue weighted by molar-refractivity contribution is 0.205. The van der Waals surface area contributed by atoms with E-state index >= 15 is 0 Å². The van der Waals surface area contributed by atoms with Gasteiger partial charge in [-0.05, 0) is 31.1 Å². The van der Waals surface area contributed by atoms with Gasteiger partial charge in [-0.25, -0.2) is 8.42 Å². The monoisotopic (exact) mass is 345 g/mol. The Bertz CT molecular complexity index is 805. The first kappa shape index (κ1) is 16.6. The Morgan fingerprint density at radius 2 is 2.04 bits per heavy atom. The third-order valence-electron chi connectivity index (χ3n) is 3.81. The summed E-state index contributed by atoms with van der Waals surface area (Å²) in [5, 5.41) is 8.86. The molecule has 1 fully saturated rings. The molecule has 1 aliphatic rings. The highest BCUT2D eigenvalue weighted by molar-refractivity contribution is 7.92. The van der Waals surface area contributed by atoms with E-state index in [1.165, 1.54) is 9.71 Å². The molecule has 1 aliphatic heterocycles. The summed E-state index contributed by atoms with van der Waals surface area (Å²) < 4.78 is 32.0. The number of sulfonamides is 1. The maximum atomic E-state index is 12.4. The van der Waals surface area contributed by atoms with Gasteiger partial charge in [0, 0.05) is 24.2 Å². The first-order valence-corrected chi connectivity index (χ1v) is 9.22. The average Bonchev–Trinajstić information content (AvgIpc) is 3.05. The lowest BCUT2D eigenvalue weighted by atomic mass is 10.2. The van der Waals surface area contributed by atoms with Crippen molar-refractivity contribution in [3.63, 3.8) is 0 Å². The normalized spacial score (nSPS) is 19.0. The van der Waals surface area contributed by atoms with Gasteiger partial charge in [-0.15, -0.1) is 5.10 Å². The quantitative estimate of drug-likeness (QED) is 0.831. The highest BCUT2D eigenvalue weighted by Crippen LogP contribution is 2.20. The second kappa shape index (κ2) is 7.11. The van der Waals surface area contributed by atoms with Crippen LogP contribution in [0.15, 0.2) is 48.0 Å².